The Balaban J connectivity index is 2.01. The number of pyridine rings is 1. The number of carbonyl (C=O) groups is 1. The molecule has 0 aliphatic carbocycles. The van der Waals surface area contributed by atoms with Crippen molar-refractivity contribution in [1.29, 1.82) is 0 Å². The summed E-state index contributed by atoms with van der Waals surface area (Å²) >= 11 is 0. The molecule has 0 saturated heterocycles. The first-order chi connectivity index (χ1) is 10.1. The fourth-order valence-electron chi connectivity index (χ4n) is 1.91. The Morgan fingerprint density at radius 3 is 2.62 bits per heavy atom. The summed E-state index contributed by atoms with van der Waals surface area (Å²) in [6.45, 7) is 2.59. The highest BCUT2D eigenvalue weighted by molar-refractivity contribution is 5.88. The molecule has 0 aliphatic rings. The van der Waals surface area contributed by atoms with Gasteiger partial charge in [0, 0.05) is 11.9 Å². The largest absolute Gasteiger partial charge is 0.497 e. The second kappa shape index (κ2) is 6.74. The van der Waals surface area contributed by atoms with E-state index in [0.29, 0.717) is 12.1 Å². The fraction of sp³-hybridized carbons (Fsp3) is 0.250. The molecule has 5 heteroatoms. The summed E-state index contributed by atoms with van der Waals surface area (Å²) in [7, 11) is 3.00. The predicted octanol–water partition coefficient (Wildman–Crippen LogP) is 2.80. The van der Waals surface area contributed by atoms with E-state index in [0.717, 1.165) is 22.7 Å². The number of anilines is 1. The number of rotatable bonds is 5. The average Bonchev–Trinajstić information content (AvgIpc) is 2.53. The summed E-state index contributed by atoms with van der Waals surface area (Å²) in [4.78, 5) is 15.6. The van der Waals surface area contributed by atoms with Gasteiger partial charge in [-0.15, -0.1) is 0 Å². The first-order valence-electron chi connectivity index (χ1n) is 6.56. The van der Waals surface area contributed by atoms with Crippen LogP contribution in [0, 0.1) is 6.92 Å². The van der Waals surface area contributed by atoms with Gasteiger partial charge in [-0.25, -0.2) is 4.79 Å². The number of nitrogens with one attached hydrogen (secondary N) is 1. The lowest BCUT2D eigenvalue weighted by Gasteiger charge is -2.10. The lowest BCUT2D eigenvalue weighted by Crippen LogP contribution is -2.06. The molecule has 1 heterocycles. The number of carbonyl (C=O) groups excluding carboxylic acids is 1. The van der Waals surface area contributed by atoms with Crippen molar-refractivity contribution in [1.82, 2.24) is 4.98 Å². The molecule has 1 aromatic heterocycles. The molecule has 1 N–H and O–H groups in total. The zero-order valence-electron chi connectivity index (χ0n) is 12.3. The van der Waals surface area contributed by atoms with Gasteiger partial charge in [0.05, 0.1) is 32.0 Å². The minimum Gasteiger partial charge on any atom is -0.497 e. The van der Waals surface area contributed by atoms with Crippen molar-refractivity contribution in [2.24, 2.45) is 0 Å². The highest BCUT2D eigenvalue weighted by Crippen LogP contribution is 2.21. The lowest BCUT2D eigenvalue weighted by atomic mass is 10.2. The number of esters is 1. The molecular weight excluding hydrogens is 268 g/mol. The summed E-state index contributed by atoms with van der Waals surface area (Å²) in [5, 5.41) is 3.31. The van der Waals surface area contributed by atoms with Crippen molar-refractivity contribution >= 4 is 11.7 Å². The maximum atomic E-state index is 11.3. The molecule has 0 aliphatic heterocycles. The van der Waals surface area contributed by atoms with Gasteiger partial charge in [0.1, 0.15) is 5.75 Å². The summed E-state index contributed by atoms with van der Waals surface area (Å²) in [5.41, 5.74) is 3.41. The molecule has 2 rings (SSSR count). The van der Waals surface area contributed by atoms with Crippen LogP contribution in [0.15, 0.2) is 36.5 Å². The van der Waals surface area contributed by atoms with Crippen LogP contribution in [0.4, 0.5) is 5.69 Å². The average molecular weight is 286 g/mol. The number of benzene rings is 1. The summed E-state index contributed by atoms with van der Waals surface area (Å²) in [6, 6.07) is 9.35. The zero-order chi connectivity index (χ0) is 15.2. The first-order valence-corrected chi connectivity index (χ1v) is 6.56. The monoisotopic (exact) mass is 286 g/mol. The van der Waals surface area contributed by atoms with Crippen LogP contribution in [0.5, 0.6) is 5.75 Å². The van der Waals surface area contributed by atoms with Crippen molar-refractivity contribution in [2.45, 2.75) is 13.5 Å². The van der Waals surface area contributed by atoms with Crippen LogP contribution < -0.4 is 10.1 Å². The van der Waals surface area contributed by atoms with E-state index in [9.17, 15) is 4.79 Å². The van der Waals surface area contributed by atoms with Gasteiger partial charge < -0.3 is 14.8 Å². The Morgan fingerprint density at radius 1 is 1.24 bits per heavy atom. The summed E-state index contributed by atoms with van der Waals surface area (Å²) < 4.78 is 9.81. The number of ether oxygens (including phenoxy) is 2. The molecule has 0 fully saturated rings. The highest BCUT2D eigenvalue weighted by atomic mass is 16.5. The van der Waals surface area contributed by atoms with Crippen LogP contribution in [-0.2, 0) is 11.3 Å². The van der Waals surface area contributed by atoms with E-state index in [1.165, 1.54) is 13.3 Å². The topological polar surface area (TPSA) is 60.5 Å². The maximum Gasteiger partial charge on any atom is 0.339 e. The van der Waals surface area contributed by atoms with Gasteiger partial charge in [0.2, 0.25) is 0 Å². The van der Waals surface area contributed by atoms with Crippen molar-refractivity contribution in [2.75, 3.05) is 19.5 Å². The van der Waals surface area contributed by atoms with E-state index in [1.54, 1.807) is 19.2 Å². The van der Waals surface area contributed by atoms with Gasteiger partial charge in [0.25, 0.3) is 0 Å². The van der Waals surface area contributed by atoms with E-state index in [1.807, 2.05) is 25.1 Å². The molecule has 0 spiro atoms. The van der Waals surface area contributed by atoms with E-state index >= 15 is 0 Å². The van der Waals surface area contributed by atoms with Gasteiger partial charge >= 0.3 is 5.97 Å². The maximum absolute atomic E-state index is 11.3. The number of aromatic nitrogens is 1. The third-order valence-electron chi connectivity index (χ3n) is 3.14. The summed E-state index contributed by atoms with van der Waals surface area (Å²) in [6.07, 6.45) is 1.52. The molecule has 0 saturated carbocycles. The molecule has 1 aromatic carbocycles. The number of aryl methyl sites for hydroxylation is 1. The molecular formula is C16H18N2O3. The van der Waals surface area contributed by atoms with Crippen molar-refractivity contribution in [3.8, 4) is 5.75 Å². The van der Waals surface area contributed by atoms with Gasteiger partial charge in [0.15, 0.2) is 0 Å². The van der Waals surface area contributed by atoms with Gasteiger partial charge in [-0.3, -0.25) is 4.98 Å². The molecule has 0 amide bonds. The molecule has 0 bridgehead atoms. The number of methoxy groups -OCH3 is 2. The van der Waals surface area contributed by atoms with E-state index in [2.05, 4.69) is 15.0 Å². The van der Waals surface area contributed by atoms with Crippen LogP contribution in [-0.4, -0.2) is 25.2 Å². The van der Waals surface area contributed by atoms with Crippen molar-refractivity contribution < 1.29 is 14.3 Å². The Morgan fingerprint density at radius 2 is 2.05 bits per heavy atom. The predicted molar refractivity (Wildman–Crippen MR) is 80.6 cm³/mol. The Kier molecular flexibility index (Phi) is 4.77. The molecule has 110 valence electrons. The molecule has 5 nitrogen and oxygen atoms in total. The van der Waals surface area contributed by atoms with Crippen LogP contribution in [0.1, 0.15) is 21.6 Å². The Bertz CT molecular complexity index is 624. The minimum absolute atomic E-state index is 0.381. The SMILES string of the molecule is COC(=O)c1ccc(CNc2ccc(OC)cc2C)nc1. The molecule has 0 radical (unpaired) electrons. The van der Waals surface area contributed by atoms with E-state index in [-0.39, 0.29) is 5.97 Å². The van der Waals surface area contributed by atoms with Crippen molar-refractivity contribution in [3.05, 3.63) is 53.3 Å². The smallest absolute Gasteiger partial charge is 0.339 e. The second-order valence-electron chi connectivity index (χ2n) is 4.56. The van der Waals surface area contributed by atoms with Gasteiger partial charge in [-0.1, -0.05) is 0 Å². The normalized spacial score (nSPS) is 10.0. The third-order valence-corrected chi connectivity index (χ3v) is 3.14. The van der Waals surface area contributed by atoms with Crippen LogP contribution in [0.3, 0.4) is 0 Å². The Labute approximate surface area is 123 Å². The van der Waals surface area contributed by atoms with Gasteiger partial charge in [-0.05, 0) is 42.8 Å². The minimum atomic E-state index is -0.381. The third kappa shape index (κ3) is 3.72. The fourth-order valence-corrected chi connectivity index (χ4v) is 1.91. The molecule has 0 atom stereocenters. The zero-order valence-corrected chi connectivity index (χ0v) is 12.3. The van der Waals surface area contributed by atoms with Crippen LogP contribution in [0.25, 0.3) is 0 Å². The van der Waals surface area contributed by atoms with Crippen molar-refractivity contribution in [3.63, 3.8) is 0 Å². The van der Waals surface area contributed by atoms with E-state index < -0.39 is 0 Å². The molecule has 21 heavy (non-hydrogen) atoms. The van der Waals surface area contributed by atoms with E-state index in [4.69, 9.17) is 4.74 Å². The Hall–Kier alpha value is -2.56. The quantitative estimate of drug-likeness (QED) is 0.856. The lowest BCUT2D eigenvalue weighted by molar-refractivity contribution is 0.0600. The van der Waals surface area contributed by atoms with Gasteiger partial charge in [-0.2, -0.15) is 0 Å². The highest BCUT2D eigenvalue weighted by Gasteiger charge is 2.06. The molecule has 2 aromatic rings. The van der Waals surface area contributed by atoms with Crippen LogP contribution in [0.2, 0.25) is 0 Å². The molecule has 0 unspecified atom stereocenters. The number of nitrogens with zero attached hydrogens (tertiary/aromatic N) is 1. The second-order valence-corrected chi connectivity index (χ2v) is 4.56. The van der Waals surface area contributed by atoms with Crippen LogP contribution >= 0.6 is 0 Å². The standard InChI is InChI=1S/C16H18N2O3/c1-11-8-14(20-2)6-7-15(11)18-10-13-5-4-12(9-17-13)16(19)21-3/h4-9,18H,10H2,1-3H3. The number of hydrogen-bond acceptors (Lipinski definition) is 5. The summed E-state index contributed by atoms with van der Waals surface area (Å²) in [5.74, 6) is 0.451. The number of hydrogen-bond donors (Lipinski definition) is 1. The first kappa shape index (κ1) is 14.8.